The predicted octanol–water partition coefficient (Wildman–Crippen LogP) is 2.99. The Balaban J connectivity index is 1.41. The van der Waals surface area contributed by atoms with E-state index in [9.17, 15) is 13.2 Å². The highest BCUT2D eigenvalue weighted by atomic mass is 32.2. The van der Waals surface area contributed by atoms with Gasteiger partial charge in [-0.05, 0) is 62.6 Å². The molecule has 1 aliphatic rings. The van der Waals surface area contributed by atoms with E-state index in [-0.39, 0.29) is 23.4 Å². The summed E-state index contributed by atoms with van der Waals surface area (Å²) in [4.78, 5) is 17.1. The van der Waals surface area contributed by atoms with Crippen LogP contribution >= 0.6 is 0 Å². The van der Waals surface area contributed by atoms with Crippen LogP contribution in [0.5, 0.6) is 0 Å². The van der Waals surface area contributed by atoms with Gasteiger partial charge in [0.2, 0.25) is 15.9 Å². The molecule has 1 aliphatic heterocycles. The Kier molecular flexibility index (Phi) is 7.14. The maximum Gasteiger partial charge on any atom is 0.243 e. The topological polar surface area (TPSA) is 91.6 Å². The van der Waals surface area contributed by atoms with E-state index in [1.54, 1.807) is 21.7 Å². The second-order valence-corrected chi connectivity index (χ2v) is 11.4. The third-order valence-electron chi connectivity index (χ3n) is 6.85. The van der Waals surface area contributed by atoms with Gasteiger partial charge in [-0.15, -0.1) is 5.10 Å². The normalized spacial score (nSPS) is 15.7. The Hall–Kier alpha value is -2.98. The number of aromatic nitrogens is 3. The average molecular weight is 499 g/mol. The lowest BCUT2D eigenvalue weighted by molar-refractivity contribution is -0.131. The number of likely N-dealkylation sites (N-methyl/N-ethyl adjacent to an activating group) is 1. The lowest BCUT2D eigenvalue weighted by Crippen LogP contribution is -2.51. The highest BCUT2D eigenvalue weighted by Gasteiger charge is 2.28. The Morgan fingerprint density at radius 2 is 1.80 bits per heavy atom. The Bertz CT molecular complexity index is 1330. The van der Waals surface area contributed by atoms with Gasteiger partial charge in [-0.3, -0.25) is 4.79 Å². The zero-order valence-electron chi connectivity index (χ0n) is 21.1. The van der Waals surface area contributed by atoms with Crippen molar-refractivity contribution in [3.8, 4) is 0 Å². The first-order chi connectivity index (χ1) is 16.6. The van der Waals surface area contributed by atoms with Crippen LogP contribution in [0.25, 0.3) is 11.0 Å². The van der Waals surface area contributed by atoms with Crippen LogP contribution in [0, 0.1) is 13.8 Å². The van der Waals surface area contributed by atoms with Gasteiger partial charge in [0.1, 0.15) is 5.52 Å². The molecule has 10 heteroatoms. The molecule has 2 aromatic carbocycles. The maximum atomic E-state index is 13.2. The summed E-state index contributed by atoms with van der Waals surface area (Å²) in [5, 5.41) is 8.32. The number of rotatable bonds is 7. The molecule has 0 radical (unpaired) electrons. The van der Waals surface area contributed by atoms with Gasteiger partial charge in [0.05, 0.1) is 23.0 Å². The number of hydrogen-bond donors (Lipinski definition) is 0. The fourth-order valence-electron chi connectivity index (χ4n) is 4.39. The van der Waals surface area contributed by atoms with Crippen molar-refractivity contribution in [3.63, 3.8) is 0 Å². The van der Waals surface area contributed by atoms with Crippen molar-refractivity contribution in [1.82, 2.24) is 24.2 Å². The average Bonchev–Trinajstić information content (AvgIpc) is 3.28. The number of piperazine rings is 1. The van der Waals surface area contributed by atoms with Crippen molar-refractivity contribution in [2.24, 2.45) is 0 Å². The third-order valence-corrected chi connectivity index (χ3v) is 8.65. The van der Waals surface area contributed by atoms with Gasteiger partial charge in [0.25, 0.3) is 0 Å². The van der Waals surface area contributed by atoms with Crippen LogP contribution in [0.1, 0.15) is 37.4 Å². The summed E-state index contributed by atoms with van der Waals surface area (Å²) in [5.74, 6) is -0.194. The summed E-state index contributed by atoms with van der Waals surface area (Å²) in [7, 11) is -2.40. The molecular formula is C25H34N6O3S. The minimum atomic E-state index is -3.85. The van der Waals surface area contributed by atoms with Crippen molar-refractivity contribution >= 4 is 32.7 Å². The Morgan fingerprint density at radius 1 is 1.09 bits per heavy atom. The number of carbonyl (C=O) groups excluding carboxylic acids is 1. The van der Waals surface area contributed by atoms with Gasteiger partial charge < -0.3 is 9.80 Å². The van der Waals surface area contributed by atoms with Crippen LogP contribution < -0.4 is 4.90 Å². The number of carbonyl (C=O) groups is 1. The molecule has 1 aromatic heterocycles. The first-order valence-electron chi connectivity index (χ1n) is 12.0. The predicted molar refractivity (Wildman–Crippen MR) is 137 cm³/mol. The van der Waals surface area contributed by atoms with Gasteiger partial charge in [-0.2, -0.15) is 4.31 Å². The highest BCUT2D eigenvalue weighted by Crippen LogP contribution is 2.24. The monoisotopic (exact) mass is 498 g/mol. The molecule has 188 valence electrons. The van der Waals surface area contributed by atoms with Crippen LogP contribution in [0.15, 0.2) is 41.3 Å². The number of fused-ring (bicyclic) bond motifs is 1. The van der Waals surface area contributed by atoms with E-state index in [2.05, 4.69) is 54.2 Å². The SMILES string of the molecule is CC[C@H](C)n1nnc2cc(S(=O)(=O)N(C)CC(=O)N3CCN(c4cc(C)ccc4C)CC3)ccc21. The van der Waals surface area contributed by atoms with Gasteiger partial charge in [0, 0.05) is 38.9 Å². The second-order valence-electron chi connectivity index (χ2n) is 9.36. The fraction of sp³-hybridized carbons (Fsp3) is 0.480. The van der Waals surface area contributed by atoms with Gasteiger partial charge in [-0.1, -0.05) is 24.3 Å². The van der Waals surface area contributed by atoms with Crippen LogP contribution in [-0.4, -0.2) is 78.3 Å². The maximum absolute atomic E-state index is 13.2. The summed E-state index contributed by atoms with van der Waals surface area (Å²) in [6, 6.07) is 11.4. The summed E-state index contributed by atoms with van der Waals surface area (Å²) >= 11 is 0. The molecule has 0 unspecified atom stereocenters. The molecule has 9 nitrogen and oxygen atoms in total. The van der Waals surface area contributed by atoms with Gasteiger partial charge in [-0.25, -0.2) is 13.1 Å². The molecule has 0 saturated carbocycles. The molecule has 3 aromatic rings. The van der Waals surface area contributed by atoms with Gasteiger partial charge >= 0.3 is 0 Å². The summed E-state index contributed by atoms with van der Waals surface area (Å²) < 4.78 is 29.3. The standard InChI is InChI=1S/C25H34N6O3S/c1-6-20(4)31-23-10-9-21(16-22(23)26-27-31)35(33,34)28(5)17-25(32)30-13-11-29(12-14-30)24-15-18(2)7-8-19(24)3/h7-10,15-16,20H,6,11-14,17H2,1-5H3/t20-/m0/s1. The van der Waals surface area contributed by atoms with E-state index in [0.717, 1.165) is 29.3 Å². The van der Waals surface area contributed by atoms with E-state index in [1.165, 1.54) is 29.9 Å². The zero-order chi connectivity index (χ0) is 25.3. The number of nitrogens with zero attached hydrogens (tertiary/aromatic N) is 6. The molecule has 0 spiro atoms. The van der Waals surface area contributed by atoms with Crippen molar-refractivity contribution in [3.05, 3.63) is 47.5 Å². The molecule has 1 saturated heterocycles. The molecule has 1 atom stereocenters. The van der Waals surface area contributed by atoms with Crippen molar-refractivity contribution in [2.45, 2.75) is 45.1 Å². The van der Waals surface area contributed by atoms with E-state index >= 15 is 0 Å². The molecule has 2 heterocycles. The number of amides is 1. The lowest BCUT2D eigenvalue weighted by Gasteiger charge is -2.37. The molecule has 0 N–H and O–H groups in total. The minimum Gasteiger partial charge on any atom is -0.368 e. The summed E-state index contributed by atoms with van der Waals surface area (Å²) in [6.45, 7) is 10.6. The first kappa shape index (κ1) is 25.1. The molecule has 0 aliphatic carbocycles. The van der Waals surface area contributed by atoms with E-state index in [1.807, 2.05) is 6.92 Å². The highest BCUT2D eigenvalue weighted by molar-refractivity contribution is 7.89. The van der Waals surface area contributed by atoms with Crippen molar-refractivity contribution < 1.29 is 13.2 Å². The molecule has 4 rings (SSSR count). The third kappa shape index (κ3) is 5.04. The van der Waals surface area contributed by atoms with Gasteiger partial charge in [0.15, 0.2) is 0 Å². The zero-order valence-corrected chi connectivity index (χ0v) is 21.9. The van der Waals surface area contributed by atoms with E-state index in [0.29, 0.717) is 18.6 Å². The Morgan fingerprint density at radius 3 is 2.49 bits per heavy atom. The van der Waals surface area contributed by atoms with E-state index in [4.69, 9.17) is 0 Å². The summed E-state index contributed by atoms with van der Waals surface area (Å²) in [5.41, 5.74) is 4.92. The fourth-order valence-corrected chi connectivity index (χ4v) is 5.53. The quantitative estimate of drug-likeness (QED) is 0.497. The first-order valence-corrected chi connectivity index (χ1v) is 13.5. The number of anilines is 1. The van der Waals surface area contributed by atoms with E-state index < -0.39 is 10.0 Å². The smallest absolute Gasteiger partial charge is 0.243 e. The lowest BCUT2D eigenvalue weighted by atomic mass is 10.1. The molecule has 0 bridgehead atoms. The minimum absolute atomic E-state index is 0.108. The molecule has 1 amide bonds. The number of aryl methyl sites for hydroxylation is 2. The number of benzene rings is 2. The number of sulfonamides is 1. The largest absolute Gasteiger partial charge is 0.368 e. The summed E-state index contributed by atoms with van der Waals surface area (Å²) in [6.07, 6.45) is 0.891. The molecule has 35 heavy (non-hydrogen) atoms. The van der Waals surface area contributed by atoms with Crippen LogP contribution in [-0.2, 0) is 14.8 Å². The Labute approximate surface area is 207 Å². The number of hydrogen-bond acceptors (Lipinski definition) is 6. The molecular weight excluding hydrogens is 464 g/mol. The second kappa shape index (κ2) is 9.94. The van der Waals surface area contributed by atoms with Crippen LogP contribution in [0.3, 0.4) is 0 Å². The van der Waals surface area contributed by atoms with Crippen LogP contribution in [0.4, 0.5) is 5.69 Å². The molecule has 1 fully saturated rings. The van der Waals surface area contributed by atoms with Crippen molar-refractivity contribution in [1.29, 1.82) is 0 Å². The van der Waals surface area contributed by atoms with Crippen molar-refractivity contribution in [2.75, 3.05) is 44.7 Å². The van der Waals surface area contributed by atoms with Crippen LogP contribution in [0.2, 0.25) is 0 Å².